The van der Waals surface area contributed by atoms with Crippen molar-refractivity contribution in [2.45, 2.75) is 44.9 Å². The van der Waals surface area contributed by atoms with Gasteiger partial charge in [-0.1, -0.05) is 12.1 Å². The summed E-state index contributed by atoms with van der Waals surface area (Å²) in [6.45, 7) is 4.25. The summed E-state index contributed by atoms with van der Waals surface area (Å²) in [7, 11) is 0. The second kappa shape index (κ2) is 5.52. The van der Waals surface area contributed by atoms with E-state index in [1.807, 2.05) is 12.1 Å². The Labute approximate surface area is 103 Å². The van der Waals surface area contributed by atoms with Crippen LogP contribution in [0.1, 0.15) is 25.3 Å². The van der Waals surface area contributed by atoms with Crippen LogP contribution >= 0.6 is 0 Å². The SMILES string of the molecule is Cc1cccc(NC(CO)C2CCC(C)O2)c1. The normalized spacial score (nSPS) is 25.8. The summed E-state index contributed by atoms with van der Waals surface area (Å²) in [4.78, 5) is 0. The molecule has 0 saturated carbocycles. The summed E-state index contributed by atoms with van der Waals surface area (Å²) < 4.78 is 5.79. The van der Waals surface area contributed by atoms with Crippen LogP contribution in [0.25, 0.3) is 0 Å². The fraction of sp³-hybridized carbons (Fsp3) is 0.571. The minimum atomic E-state index is -0.0123. The van der Waals surface area contributed by atoms with Crippen LogP contribution in [0.2, 0.25) is 0 Å². The maximum Gasteiger partial charge on any atom is 0.0803 e. The van der Waals surface area contributed by atoms with Crippen LogP contribution in [0.3, 0.4) is 0 Å². The van der Waals surface area contributed by atoms with Crippen molar-refractivity contribution < 1.29 is 9.84 Å². The van der Waals surface area contributed by atoms with Crippen LogP contribution in [0.5, 0.6) is 0 Å². The van der Waals surface area contributed by atoms with E-state index in [-0.39, 0.29) is 18.8 Å². The van der Waals surface area contributed by atoms with Crippen LogP contribution in [0.4, 0.5) is 5.69 Å². The van der Waals surface area contributed by atoms with Crippen molar-refractivity contribution in [3.8, 4) is 0 Å². The predicted molar refractivity (Wildman–Crippen MR) is 69.2 cm³/mol. The quantitative estimate of drug-likeness (QED) is 0.841. The molecule has 2 N–H and O–H groups in total. The molecule has 1 heterocycles. The van der Waals surface area contributed by atoms with Crippen molar-refractivity contribution in [3.63, 3.8) is 0 Å². The molecule has 3 nitrogen and oxygen atoms in total. The van der Waals surface area contributed by atoms with E-state index in [1.54, 1.807) is 0 Å². The number of benzene rings is 1. The highest BCUT2D eigenvalue weighted by molar-refractivity contribution is 5.46. The largest absolute Gasteiger partial charge is 0.394 e. The number of aliphatic hydroxyl groups excluding tert-OH is 1. The van der Waals surface area contributed by atoms with Gasteiger partial charge in [0, 0.05) is 5.69 Å². The van der Waals surface area contributed by atoms with E-state index < -0.39 is 0 Å². The first kappa shape index (κ1) is 12.4. The molecule has 3 unspecified atom stereocenters. The Bertz CT molecular complexity index is 367. The molecule has 17 heavy (non-hydrogen) atoms. The van der Waals surface area contributed by atoms with Crippen LogP contribution in [0.15, 0.2) is 24.3 Å². The molecule has 1 aliphatic heterocycles. The monoisotopic (exact) mass is 235 g/mol. The van der Waals surface area contributed by atoms with Gasteiger partial charge in [0.15, 0.2) is 0 Å². The molecule has 1 aromatic carbocycles. The van der Waals surface area contributed by atoms with Gasteiger partial charge in [-0.2, -0.15) is 0 Å². The van der Waals surface area contributed by atoms with Gasteiger partial charge in [0.1, 0.15) is 0 Å². The summed E-state index contributed by atoms with van der Waals surface area (Å²) in [5.74, 6) is 0. The molecule has 1 fully saturated rings. The maximum atomic E-state index is 9.46. The lowest BCUT2D eigenvalue weighted by Crippen LogP contribution is -2.36. The Morgan fingerprint density at radius 1 is 1.47 bits per heavy atom. The van der Waals surface area contributed by atoms with Gasteiger partial charge in [0.05, 0.1) is 24.9 Å². The topological polar surface area (TPSA) is 41.5 Å². The number of hydrogen-bond acceptors (Lipinski definition) is 3. The molecule has 0 spiro atoms. The molecule has 1 aliphatic rings. The fourth-order valence-corrected chi connectivity index (χ4v) is 2.33. The Kier molecular flexibility index (Phi) is 4.02. The molecule has 3 heteroatoms. The summed E-state index contributed by atoms with van der Waals surface area (Å²) in [5, 5.41) is 12.8. The van der Waals surface area contributed by atoms with Crippen molar-refractivity contribution in [1.82, 2.24) is 0 Å². The number of aryl methyl sites for hydroxylation is 1. The number of hydrogen-bond donors (Lipinski definition) is 2. The molecular weight excluding hydrogens is 214 g/mol. The van der Waals surface area contributed by atoms with Crippen molar-refractivity contribution in [3.05, 3.63) is 29.8 Å². The smallest absolute Gasteiger partial charge is 0.0803 e. The maximum absolute atomic E-state index is 9.46. The van der Waals surface area contributed by atoms with E-state index >= 15 is 0 Å². The number of ether oxygens (including phenoxy) is 1. The van der Waals surface area contributed by atoms with Crippen molar-refractivity contribution in [2.75, 3.05) is 11.9 Å². The van der Waals surface area contributed by atoms with Gasteiger partial charge in [0.25, 0.3) is 0 Å². The van der Waals surface area contributed by atoms with E-state index in [2.05, 4.69) is 31.3 Å². The van der Waals surface area contributed by atoms with E-state index in [1.165, 1.54) is 5.56 Å². The summed E-state index contributed by atoms with van der Waals surface area (Å²) in [6.07, 6.45) is 2.53. The Balaban J connectivity index is 2.00. The molecule has 0 amide bonds. The van der Waals surface area contributed by atoms with Gasteiger partial charge in [0.2, 0.25) is 0 Å². The zero-order valence-corrected chi connectivity index (χ0v) is 10.5. The van der Waals surface area contributed by atoms with Gasteiger partial charge in [-0.15, -0.1) is 0 Å². The lowest BCUT2D eigenvalue weighted by Gasteiger charge is -2.24. The van der Waals surface area contributed by atoms with E-state index in [0.717, 1.165) is 18.5 Å². The summed E-state index contributed by atoms with van der Waals surface area (Å²) in [6, 6.07) is 8.17. The van der Waals surface area contributed by atoms with Gasteiger partial charge < -0.3 is 15.2 Å². The first-order valence-corrected chi connectivity index (χ1v) is 6.28. The zero-order chi connectivity index (χ0) is 12.3. The summed E-state index contributed by atoms with van der Waals surface area (Å²) >= 11 is 0. The van der Waals surface area contributed by atoms with Crippen LogP contribution in [0, 0.1) is 6.92 Å². The second-order valence-corrected chi connectivity index (χ2v) is 4.87. The molecule has 0 aromatic heterocycles. The van der Waals surface area contributed by atoms with Gasteiger partial charge >= 0.3 is 0 Å². The average molecular weight is 235 g/mol. The standard InChI is InChI=1S/C14H21NO2/c1-10-4-3-5-12(8-10)15-13(9-16)14-7-6-11(2)17-14/h3-5,8,11,13-16H,6-7,9H2,1-2H3. The first-order chi connectivity index (χ1) is 8.19. The number of nitrogens with one attached hydrogen (secondary N) is 1. The van der Waals surface area contributed by atoms with Gasteiger partial charge in [-0.05, 0) is 44.4 Å². The Morgan fingerprint density at radius 3 is 2.88 bits per heavy atom. The molecule has 94 valence electrons. The molecule has 0 radical (unpaired) electrons. The Hall–Kier alpha value is -1.06. The molecule has 1 saturated heterocycles. The molecule has 3 atom stereocenters. The highest BCUT2D eigenvalue weighted by Gasteiger charge is 2.29. The average Bonchev–Trinajstić information content (AvgIpc) is 2.73. The summed E-state index contributed by atoms with van der Waals surface area (Å²) in [5.41, 5.74) is 2.26. The third-order valence-electron chi connectivity index (χ3n) is 3.28. The number of aliphatic hydroxyl groups is 1. The highest BCUT2D eigenvalue weighted by atomic mass is 16.5. The molecule has 0 aliphatic carbocycles. The zero-order valence-electron chi connectivity index (χ0n) is 10.5. The lowest BCUT2D eigenvalue weighted by atomic mass is 10.1. The third kappa shape index (κ3) is 3.20. The molecule has 1 aromatic rings. The fourth-order valence-electron chi connectivity index (χ4n) is 2.33. The second-order valence-electron chi connectivity index (χ2n) is 4.87. The van der Waals surface area contributed by atoms with E-state index in [9.17, 15) is 5.11 Å². The molecule has 0 bridgehead atoms. The number of anilines is 1. The van der Waals surface area contributed by atoms with Gasteiger partial charge in [-0.3, -0.25) is 0 Å². The molecule has 2 rings (SSSR count). The van der Waals surface area contributed by atoms with Crippen molar-refractivity contribution in [1.29, 1.82) is 0 Å². The predicted octanol–water partition coefficient (Wildman–Crippen LogP) is 2.34. The van der Waals surface area contributed by atoms with Crippen LogP contribution in [-0.4, -0.2) is 30.0 Å². The van der Waals surface area contributed by atoms with Crippen molar-refractivity contribution in [2.24, 2.45) is 0 Å². The lowest BCUT2D eigenvalue weighted by molar-refractivity contribution is 0.0324. The minimum Gasteiger partial charge on any atom is -0.394 e. The van der Waals surface area contributed by atoms with Crippen LogP contribution < -0.4 is 5.32 Å². The van der Waals surface area contributed by atoms with Crippen molar-refractivity contribution >= 4 is 5.69 Å². The Morgan fingerprint density at radius 2 is 2.29 bits per heavy atom. The minimum absolute atomic E-state index is 0.0123. The third-order valence-corrected chi connectivity index (χ3v) is 3.28. The molecular formula is C14H21NO2. The number of rotatable bonds is 4. The first-order valence-electron chi connectivity index (χ1n) is 6.28. The highest BCUT2D eigenvalue weighted by Crippen LogP contribution is 2.24. The van der Waals surface area contributed by atoms with Gasteiger partial charge in [-0.25, -0.2) is 0 Å². The van der Waals surface area contributed by atoms with Crippen LogP contribution in [-0.2, 0) is 4.74 Å². The van der Waals surface area contributed by atoms with E-state index in [4.69, 9.17) is 4.74 Å². The van der Waals surface area contributed by atoms with E-state index in [0.29, 0.717) is 6.10 Å².